The quantitative estimate of drug-likeness (QED) is 0.855. The van der Waals surface area contributed by atoms with Crippen LogP contribution < -0.4 is 5.32 Å². The van der Waals surface area contributed by atoms with Gasteiger partial charge in [-0.05, 0) is 19.8 Å². The molecule has 6 heteroatoms. The van der Waals surface area contributed by atoms with Gasteiger partial charge in [-0.1, -0.05) is 18.0 Å². The molecule has 1 amide bonds. The van der Waals surface area contributed by atoms with E-state index in [1.807, 2.05) is 0 Å². The maximum absolute atomic E-state index is 12.0. The summed E-state index contributed by atoms with van der Waals surface area (Å²) >= 11 is 0. The predicted octanol–water partition coefficient (Wildman–Crippen LogP) is 1.81. The highest BCUT2D eigenvalue weighted by Gasteiger charge is 2.35. The fraction of sp³-hybridized carbons (Fsp3) is 0.583. The third-order valence-corrected chi connectivity index (χ3v) is 3.29. The number of hydrogen-bond donors (Lipinski definition) is 2. The second-order valence-corrected chi connectivity index (χ2v) is 4.66. The fourth-order valence-electron chi connectivity index (χ4n) is 2.38. The van der Waals surface area contributed by atoms with E-state index in [1.165, 1.54) is 0 Å². The number of amides is 1. The summed E-state index contributed by atoms with van der Waals surface area (Å²) in [6.45, 7) is 1.75. The molecule has 2 N–H and O–H groups in total. The van der Waals surface area contributed by atoms with E-state index in [-0.39, 0.29) is 11.8 Å². The smallest absolute Gasteiger partial charge is 0.307 e. The minimum atomic E-state index is -0.899. The number of hydrogen-bond acceptors (Lipinski definition) is 4. The number of aryl methyl sites for hydroxylation is 1. The van der Waals surface area contributed by atoms with Crippen molar-refractivity contribution < 1.29 is 19.2 Å². The molecule has 18 heavy (non-hydrogen) atoms. The summed E-state index contributed by atoms with van der Waals surface area (Å²) in [6.07, 6.45) is 2.91. The molecule has 98 valence electrons. The Kier molecular flexibility index (Phi) is 3.64. The van der Waals surface area contributed by atoms with Crippen LogP contribution in [-0.2, 0) is 9.59 Å². The van der Waals surface area contributed by atoms with Gasteiger partial charge in [-0.3, -0.25) is 14.9 Å². The van der Waals surface area contributed by atoms with E-state index in [2.05, 4.69) is 10.5 Å². The Morgan fingerprint density at radius 3 is 2.61 bits per heavy atom. The predicted molar refractivity (Wildman–Crippen MR) is 63.0 cm³/mol. The maximum atomic E-state index is 12.0. The van der Waals surface area contributed by atoms with Gasteiger partial charge in [0.25, 0.3) is 0 Å². The van der Waals surface area contributed by atoms with Crippen molar-refractivity contribution >= 4 is 17.8 Å². The number of aromatic nitrogens is 1. The summed E-state index contributed by atoms with van der Waals surface area (Å²) < 4.78 is 4.89. The molecule has 0 spiro atoms. The van der Waals surface area contributed by atoms with Gasteiger partial charge < -0.3 is 9.63 Å². The van der Waals surface area contributed by atoms with E-state index >= 15 is 0 Å². The van der Waals surface area contributed by atoms with Crippen LogP contribution in [0.3, 0.4) is 0 Å². The number of carbonyl (C=O) groups is 2. The molecule has 1 aliphatic rings. The first-order valence-electron chi connectivity index (χ1n) is 6.05. The molecule has 0 bridgehead atoms. The molecule has 0 aliphatic heterocycles. The number of nitrogens with zero attached hydrogens (tertiary/aromatic N) is 1. The zero-order valence-corrected chi connectivity index (χ0v) is 10.2. The average molecular weight is 252 g/mol. The molecule has 2 atom stereocenters. The Morgan fingerprint density at radius 1 is 1.39 bits per heavy atom. The van der Waals surface area contributed by atoms with E-state index in [4.69, 9.17) is 9.63 Å². The maximum Gasteiger partial charge on any atom is 0.307 e. The number of carboxylic acids is 1. The summed E-state index contributed by atoms with van der Waals surface area (Å²) in [6, 6.07) is 1.61. The highest BCUT2D eigenvalue weighted by molar-refractivity contribution is 5.94. The number of carbonyl (C=O) groups excluding carboxylic acids is 1. The lowest BCUT2D eigenvalue weighted by Gasteiger charge is -2.26. The molecular weight excluding hydrogens is 236 g/mol. The molecule has 1 aromatic heterocycles. The summed E-state index contributed by atoms with van der Waals surface area (Å²) in [5.41, 5.74) is 0.670. The minimum absolute atomic E-state index is 0.271. The summed E-state index contributed by atoms with van der Waals surface area (Å²) in [7, 11) is 0. The molecule has 1 aromatic rings. The van der Waals surface area contributed by atoms with Crippen molar-refractivity contribution in [3.63, 3.8) is 0 Å². The SMILES string of the molecule is Cc1cc(NC(=O)C2CCCCC2C(=O)O)on1. The van der Waals surface area contributed by atoms with Gasteiger partial charge in [-0.15, -0.1) is 0 Å². The third kappa shape index (κ3) is 2.69. The van der Waals surface area contributed by atoms with Crippen LogP contribution in [0.5, 0.6) is 0 Å². The molecule has 0 aromatic carbocycles. The Bertz CT molecular complexity index is 455. The van der Waals surface area contributed by atoms with Gasteiger partial charge in [-0.2, -0.15) is 0 Å². The van der Waals surface area contributed by atoms with Crippen molar-refractivity contribution in [3.8, 4) is 0 Å². The number of anilines is 1. The lowest BCUT2D eigenvalue weighted by Crippen LogP contribution is -2.35. The van der Waals surface area contributed by atoms with Gasteiger partial charge in [0.05, 0.1) is 17.5 Å². The van der Waals surface area contributed by atoms with E-state index in [0.717, 1.165) is 12.8 Å². The summed E-state index contributed by atoms with van der Waals surface area (Å²) in [4.78, 5) is 23.1. The van der Waals surface area contributed by atoms with E-state index < -0.39 is 17.8 Å². The topological polar surface area (TPSA) is 92.4 Å². The monoisotopic (exact) mass is 252 g/mol. The van der Waals surface area contributed by atoms with Gasteiger partial charge in [0.1, 0.15) is 0 Å². The van der Waals surface area contributed by atoms with E-state index in [0.29, 0.717) is 18.5 Å². The zero-order valence-electron chi connectivity index (χ0n) is 10.2. The highest BCUT2D eigenvalue weighted by atomic mass is 16.5. The normalized spacial score (nSPS) is 23.6. The average Bonchev–Trinajstić information content (AvgIpc) is 2.74. The molecular formula is C12H16N2O4. The van der Waals surface area contributed by atoms with Crippen molar-refractivity contribution in [1.82, 2.24) is 5.16 Å². The van der Waals surface area contributed by atoms with Gasteiger partial charge in [0.15, 0.2) is 0 Å². The van der Waals surface area contributed by atoms with Crippen molar-refractivity contribution in [3.05, 3.63) is 11.8 Å². The van der Waals surface area contributed by atoms with Gasteiger partial charge >= 0.3 is 5.97 Å². The Morgan fingerprint density at radius 2 is 2.06 bits per heavy atom. The first-order chi connectivity index (χ1) is 8.58. The highest BCUT2D eigenvalue weighted by Crippen LogP contribution is 2.31. The first-order valence-corrected chi connectivity index (χ1v) is 6.05. The minimum Gasteiger partial charge on any atom is -0.481 e. The molecule has 1 saturated carbocycles. The lowest BCUT2D eigenvalue weighted by molar-refractivity contribution is -0.147. The Labute approximate surface area is 104 Å². The number of nitrogens with one attached hydrogen (secondary N) is 1. The van der Waals surface area contributed by atoms with Crippen LogP contribution in [0.1, 0.15) is 31.4 Å². The molecule has 0 saturated heterocycles. The van der Waals surface area contributed by atoms with Crippen LogP contribution in [0.25, 0.3) is 0 Å². The van der Waals surface area contributed by atoms with Gasteiger partial charge in [0, 0.05) is 6.07 Å². The van der Waals surface area contributed by atoms with Crippen LogP contribution in [0.15, 0.2) is 10.6 Å². The van der Waals surface area contributed by atoms with E-state index in [1.54, 1.807) is 13.0 Å². The van der Waals surface area contributed by atoms with Crippen molar-refractivity contribution in [2.75, 3.05) is 5.32 Å². The van der Waals surface area contributed by atoms with Crippen molar-refractivity contribution in [1.29, 1.82) is 0 Å². The molecule has 2 unspecified atom stereocenters. The second-order valence-electron chi connectivity index (χ2n) is 4.66. The van der Waals surface area contributed by atoms with Crippen LogP contribution in [0, 0.1) is 18.8 Å². The Balaban J connectivity index is 2.04. The molecule has 2 rings (SSSR count). The first kappa shape index (κ1) is 12.6. The van der Waals surface area contributed by atoms with Gasteiger partial charge in [-0.25, -0.2) is 0 Å². The standard InChI is InChI=1S/C12H16N2O4/c1-7-6-10(18-14-7)13-11(15)8-4-2-3-5-9(8)12(16)17/h6,8-9H,2-5H2,1H3,(H,13,15)(H,16,17). The molecule has 1 fully saturated rings. The number of rotatable bonds is 3. The molecule has 6 nitrogen and oxygen atoms in total. The molecule has 0 radical (unpaired) electrons. The zero-order chi connectivity index (χ0) is 13.1. The van der Waals surface area contributed by atoms with Crippen LogP contribution in [-0.4, -0.2) is 22.1 Å². The van der Waals surface area contributed by atoms with Crippen molar-refractivity contribution in [2.45, 2.75) is 32.6 Å². The van der Waals surface area contributed by atoms with E-state index in [9.17, 15) is 9.59 Å². The molecule has 1 aliphatic carbocycles. The van der Waals surface area contributed by atoms with Crippen LogP contribution in [0.4, 0.5) is 5.88 Å². The lowest BCUT2D eigenvalue weighted by atomic mass is 9.79. The van der Waals surface area contributed by atoms with Crippen LogP contribution in [0.2, 0.25) is 0 Å². The number of carboxylic acid groups (broad SMARTS) is 1. The van der Waals surface area contributed by atoms with Crippen molar-refractivity contribution in [2.24, 2.45) is 11.8 Å². The number of aliphatic carboxylic acids is 1. The molecule has 1 heterocycles. The third-order valence-electron chi connectivity index (χ3n) is 3.29. The Hall–Kier alpha value is -1.85. The summed E-state index contributed by atoms with van der Waals surface area (Å²) in [5, 5.41) is 15.4. The largest absolute Gasteiger partial charge is 0.481 e. The summed E-state index contributed by atoms with van der Waals surface area (Å²) in [5.74, 6) is -2.00. The second kappa shape index (κ2) is 5.20. The van der Waals surface area contributed by atoms with Gasteiger partial charge in [0.2, 0.25) is 11.8 Å². The van der Waals surface area contributed by atoms with Crippen LogP contribution >= 0.6 is 0 Å². The fourth-order valence-corrected chi connectivity index (χ4v) is 2.38.